The molecular formula is C14H23N3. The third kappa shape index (κ3) is 3.62. The fourth-order valence-corrected chi connectivity index (χ4v) is 1.86. The molecule has 1 aromatic rings. The average molecular weight is 233 g/mol. The summed E-state index contributed by atoms with van der Waals surface area (Å²) in [6.45, 7) is 10.8. The first-order chi connectivity index (χ1) is 8.10. The van der Waals surface area contributed by atoms with E-state index >= 15 is 0 Å². The lowest BCUT2D eigenvalue weighted by molar-refractivity contribution is 0.489. The molecule has 1 atom stereocenters. The van der Waals surface area contributed by atoms with Crippen molar-refractivity contribution in [1.82, 2.24) is 9.97 Å². The van der Waals surface area contributed by atoms with Crippen LogP contribution in [0.5, 0.6) is 0 Å². The third-order valence-electron chi connectivity index (χ3n) is 3.14. The molecule has 0 amide bonds. The molecule has 1 rings (SSSR count). The molecule has 0 saturated carbocycles. The largest absolute Gasteiger partial charge is 0.257 e. The second-order valence-corrected chi connectivity index (χ2v) is 4.70. The standard InChI is InChI=1S/C14H23N3/c1-6-12(10(3)4)8-15-14-11(5)16-9-17-13(14)7-2/h8-10,12H,6-7H2,1-5H3. The molecule has 3 heteroatoms. The van der Waals surface area contributed by atoms with E-state index in [0.29, 0.717) is 11.8 Å². The maximum Gasteiger partial charge on any atom is 0.116 e. The van der Waals surface area contributed by atoms with Crippen molar-refractivity contribution in [3.8, 4) is 0 Å². The van der Waals surface area contributed by atoms with Crippen LogP contribution in [0.2, 0.25) is 0 Å². The predicted octanol–water partition coefficient (Wildman–Crippen LogP) is 3.73. The van der Waals surface area contributed by atoms with Crippen molar-refractivity contribution >= 4 is 11.9 Å². The Hall–Kier alpha value is -1.25. The highest BCUT2D eigenvalue weighted by Crippen LogP contribution is 2.22. The molecule has 1 aromatic heterocycles. The van der Waals surface area contributed by atoms with Crippen molar-refractivity contribution < 1.29 is 0 Å². The summed E-state index contributed by atoms with van der Waals surface area (Å²) in [6, 6.07) is 0. The number of hydrogen-bond acceptors (Lipinski definition) is 3. The van der Waals surface area contributed by atoms with Gasteiger partial charge in [-0.05, 0) is 31.6 Å². The van der Waals surface area contributed by atoms with Crippen molar-refractivity contribution in [1.29, 1.82) is 0 Å². The molecule has 0 aromatic carbocycles. The molecular weight excluding hydrogens is 210 g/mol. The van der Waals surface area contributed by atoms with Gasteiger partial charge in [-0.15, -0.1) is 0 Å². The van der Waals surface area contributed by atoms with E-state index in [1.165, 1.54) is 0 Å². The number of nitrogens with zero attached hydrogens (tertiary/aromatic N) is 3. The highest BCUT2D eigenvalue weighted by atomic mass is 14.9. The van der Waals surface area contributed by atoms with Crippen LogP contribution >= 0.6 is 0 Å². The fraction of sp³-hybridized carbons (Fsp3) is 0.643. The van der Waals surface area contributed by atoms with Gasteiger partial charge in [-0.2, -0.15) is 0 Å². The van der Waals surface area contributed by atoms with Gasteiger partial charge in [-0.1, -0.05) is 27.7 Å². The quantitative estimate of drug-likeness (QED) is 0.727. The van der Waals surface area contributed by atoms with Crippen LogP contribution in [0.15, 0.2) is 11.3 Å². The average Bonchev–Trinajstić information content (AvgIpc) is 2.31. The van der Waals surface area contributed by atoms with Gasteiger partial charge in [-0.3, -0.25) is 4.99 Å². The van der Waals surface area contributed by atoms with Crippen LogP contribution in [0.1, 0.15) is 45.5 Å². The Morgan fingerprint density at radius 2 is 2.00 bits per heavy atom. The first-order valence-corrected chi connectivity index (χ1v) is 6.44. The van der Waals surface area contributed by atoms with Gasteiger partial charge >= 0.3 is 0 Å². The van der Waals surface area contributed by atoms with Crippen molar-refractivity contribution in [2.45, 2.75) is 47.5 Å². The van der Waals surface area contributed by atoms with Gasteiger partial charge in [0.2, 0.25) is 0 Å². The summed E-state index contributed by atoms with van der Waals surface area (Å²) in [7, 11) is 0. The lowest BCUT2D eigenvalue weighted by atomic mass is 9.95. The monoisotopic (exact) mass is 233 g/mol. The van der Waals surface area contributed by atoms with E-state index in [1.807, 2.05) is 6.92 Å². The molecule has 3 nitrogen and oxygen atoms in total. The van der Waals surface area contributed by atoms with Gasteiger partial charge in [-0.25, -0.2) is 9.97 Å². The molecule has 17 heavy (non-hydrogen) atoms. The van der Waals surface area contributed by atoms with Gasteiger partial charge in [0.15, 0.2) is 0 Å². The molecule has 0 aliphatic carbocycles. The lowest BCUT2D eigenvalue weighted by Gasteiger charge is -2.13. The molecule has 0 fully saturated rings. The summed E-state index contributed by atoms with van der Waals surface area (Å²) in [4.78, 5) is 13.1. The lowest BCUT2D eigenvalue weighted by Crippen LogP contribution is -2.08. The van der Waals surface area contributed by atoms with Crippen molar-refractivity contribution in [3.05, 3.63) is 17.7 Å². The Labute approximate surface area is 104 Å². The van der Waals surface area contributed by atoms with Crippen LogP contribution in [0, 0.1) is 18.8 Å². The zero-order valence-corrected chi connectivity index (χ0v) is 11.6. The van der Waals surface area contributed by atoms with Gasteiger partial charge in [0, 0.05) is 6.21 Å². The van der Waals surface area contributed by atoms with Crippen LogP contribution in [0.3, 0.4) is 0 Å². The highest BCUT2D eigenvalue weighted by Gasteiger charge is 2.09. The molecule has 1 heterocycles. The van der Waals surface area contributed by atoms with Crippen LogP contribution in [0.25, 0.3) is 0 Å². The molecule has 0 N–H and O–H groups in total. The minimum atomic E-state index is 0.527. The Morgan fingerprint density at radius 3 is 2.53 bits per heavy atom. The van der Waals surface area contributed by atoms with Crippen LogP contribution in [-0.4, -0.2) is 16.2 Å². The topological polar surface area (TPSA) is 38.1 Å². The van der Waals surface area contributed by atoms with Crippen LogP contribution < -0.4 is 0 Å². The third-order valence-corrected chi connectivity index (χ3v) is 3.14. The number of hydrogen-bond donors (Lipinski definition) is 0. The van der Waals surface area contributed by atoms with Gasteiger partial charge in [0.05, 0.1) is 11.4 Å². The number of aryl methyl sites for hydroxylation is 2. The fourth-order valence-electron chi connectivity index (χ4n) is 1.86. The Kier molecular flexibility index (Phi) is 5.26. The van der Waals surface area contributed by atoms with Crippen molar-refractivity contribution in [2.24, 2.45) is 16.8 Å². The molecule has 0 spiro atoms. The van der Waals surface area contributed by atoms with E-state index in [4.69, 9.17) is 0 Å². The maximum atomic E-state index is 4.62. The van der Waals surface area contributed by atoms with E-state index in [1.54, 1.807) is 6.33 Å². The van der Waals surface area contributed by atoms with Gasteiger partial charge in [0.1, 0.15) is 12.0 Å². The van der Waals surface area contributed by atoms with Crippen LogP contribution in [0.4, 0.5) is 5.69 Å². The molecule has 94 valence electrons. The predicted molar refractivity (Wildman–Crippen MR) is 72.9 cm³/mol. The number of rotatable bonds is 5. The molecule has 0 radical (unpaired) electrons. The van der Waals surface area contributed by atoms with E-state index in [-0.39, 0.29) is 0 Å². The number of aliphatic imine (C=N–C) groups is 1. The normalized spacial score (nSPS) is 13.5. The van der Waals surface area contributed by atoms with E-state index < -0.39 is 0 Å². The second-order valence-electron chi connectivity index (χ2n) is 4.70. The minimum Gasteiger partial charge on any atom is -0.257 e. The van der Waals surface area contributed by atoms with Crippen molar-refractivity contribution in [2.75, 3.05) is 0 Å². The van der Waals surface area contributed by atoms with Crippen LogP contribution in [-0.2, 0) is 6.42 Å². The summed E-state index contributed by atoms with van der Waals surface area (Å²) in [6.07, 6.45) is 5.70. The SMILES string of the molecule is CCc1ncnc(C)c1N=CC(CC)C(C)C. The van der Waals surface area contributed by atoms with E-state index in [9.17, 15) is 0 Å². The summed E-state index contributed by atoms with van der Waals surface area (Å²) in [5.74, 6) is 1.15. The Morgan fingerprint density at radius 1 is 1.29 bits per heavy atom. The smallest absolute Gasteiger partial charge is 0.116 e. The molecule has 0 bridgehead atoms. The molecule has 0 saturated heterocycles. The summed E-state index contributed by atoms with van der Waals surface area (Å²) >= 11 is 0. The second kappa shape index (κ2) is 6.48. The first-order valence-electron chi connectivity index (χ1n) is 6.44. The first kappa shape index (κ1) is 13.8. The van der Waals surface area contributed by atoms with E-state index in [0.717, 1.165) is 29.9 Å². The summed E-state index contributed by atoms with van der Waals surface area (Å²) < 4.78 is 0. The Bertz CT molecular complexity index is 383. The Balaban J connectivity index is 2.97. The highest BCUT2D eigenvalue weighted by molar-refractivity contribution is 5.67. The van der Waals surface area contributed by atoms with E-state index in [2.05, 4.69) is 48.9 Å². The minimum absolute atomic E-state index is 0.527. The summed E-state index contributed by atoms with van der Waals surface area (Å²) in [5.41, 5.74) is 2.95. The molecule has 0 aliphatic heterocycles. The van der Waals surface area contributed by atoms with Gasteiger partial charge in [0.25, 0.3) is 0 Å². The maximum absolute atomic E-state index is 4.62. The van der Waals surface area contributed by atoms with Crippen molar-refractivity contribution in [3.63, 3.8) is 0 Å². The zero-order valence-electron chi connectivity index (χ0n) is 11.6. The molecule has 0 aliphatic rings. The zero-order chi connectivity index (χ0) is 12.8. The molecule has 1 unspecified atom stereocenters. The summed E-state index contributed by atoms with van der Waals surface area (Å²) in [5, 5.41) is 0. The van der Waals surface area contributed by atoms with Gasteiger partial charge < -0.3 is 0 Å². The number of aromatic nitrogens is 2.